The lowest BCUT2D eigenvalue weighted by atomic mass is 9.85. The van der Waals surface area contributed by atoms with Gasteiger partial charge in [0.2, 0.25) is 0 Å². The van der Waals surface area contributed by atoms with Gasteiger partial charge in [-0.15, -0.1) is 0 Å². The second-order valence-electron chi connectivity index (χ2n) is 6.45. The number of nitro groups is 1. The largest absolute Gasteiger partial charge is 0.507 e. The molecule has 3 rings (SSSR count). The number of pyridine rings is 2. The van der Waals surface area contributed by atoms with Crippen molar-refractivity contribution in [1.29, 1.82) is 0 Å². The van der Waals surface area contributed by atoms with E-state index in [4.69, 9.17) is 0 Å². The Bertz CT molecular complexity index is 1130. The summed E-state index contributed by atoms with van der Waals surface area (Å²) in [5.74, 6) is -2.01. The van der Waals surface area contributed by atoms with Crippen LogP contribution >= 0.6 is 0 Å². The molecule has 2 heterocycles. The predicted molar refractivity (Wildman–Crippen MR) is 101 cm³/mol. The van der Waals surface area contributed by atoms with E-state index in [1.807, 2.05) is 0 Å². The van der Waals surface area contributed by atoms with Gasteiger partial charge in [0.1, 0.15) is 11.5 Å². The fourth-order valence-electron chi connectivity index (χ4n) is 3.22. The number of nitrogens with one attached hydrogen (secondary N) is 2. The van der Waals surface area contributed by atoms with Gasteiger partial charge < -0.3 is 20.2 Å². The summed E-state index contributed by atoms with van der Waals surface area (Å²) in [6.07, 6.45) is 0. The van der Waals surface area contributed by atoms with Crippen LogP contribution in [0.2, 0.25) is 0 Å². The van der Waals surface area contributed by atoms with Crippen molar-refractivity contribution in [2.75, 3.05) is 0 Å². The number of H-pyrrole nitrogens is 2. The van der Waals surface area contributed by atoms with Crippen LogP contribution in [-0.4, -0.2) is 25.1 Å². The van der Waals surface area contributed by atoms with Gasteiger partial charge >= 0.3 is 0 Å². The lowest BCUT2D eigenvalue weighted by Crippen LogP contribution is -2.25. The molecule has 2 aromatic heterocycles. The number of aryl methyl sites for hydroxylation is 2. The maximum atomic E-state index is 12.6. The maximum Gasteiger partial charge on any atom is 0.269 e. The molecule has 28 heavy (non-hydrogen) atoms. The summed E-state index contributed by atoms with van der Waals surface area (Å²) in [5, 5.41) is 32.0. The van der Waals surface area contributed by atoms with Crippen LogP contribution in [0.5, 0.6) is 11.5 Å². The highest BCUT2D eigenvalue weighted by Gasteiger charge is 2.30. The molecule has 144 valence electrons. The van der Waals surface area contributed by atoms with Gasteiger partial charge in [0.25, 0.3) is 16.8 Å². The molecule has 0 spiro atoms. The lowest BCUT2D eigenvalue weighted by Gasteiger charge is -2.19. The van der Waals surface area contributed by atoms with Crippen LogP contribution in [0.3, 0.4) is 0 Å². The molecule has 0 radical (unpaired) electrons. The van der Waals surface area contributed by atoms with E-state index in [9.17, 15) is 29.9 Å². The minimum atomic E-state index is -1.23. The summed E-state index contributed by atoms with van der Waals surface area (Å²) >= 11 is 0. The van der Waals surface area contributed by atoms with E-state index in [0.717, 1.165) is 0 Å². The van der Waals surface area contributed by atoms with Crippen molar-refractivity contribution < 1.29 is 15.1 Å². The number of aromatic hydroxyl groups is 2. The first-order valence-corrected chi connectivity index (χ1v) is 8.29. The van der Waals surface area contributed by atoms with E-state index in [1.165, 1.54) is 36.4 Å². The van der Waals surface area contributed by atoms with E-state index in [-0.39, 0.29) is 22.4 Å². The Morgan fingerprint density at radius 3 is 1.86 bits per heavy atom. The molecule has 0 amide bonds. The van der Waals surface area contributed by atoms with Crippen molar-refractivity contribution in [3.8, 4) is 11.5 Å². The third-order valence-corrected chi connectivity index (χ3v) is 4.36. The topological polar surface area (TPSA) is 149 Å². The average molecular weight is 383 g/mol. The molecule has 0 fully saturated rings. The van der Waals surface area contributed by atoms with Gasteiger partial charge in [0.05, 0.1) is 22.0 Å². The summed E-state index contributed by atoms with van der Waals surface area (Å²) in [6, 6.07) is 7.96. The maximum absolute atomic E-state index is 12.6. The standard InChI is InChI=1S/C19H17N3O6/c1-9-6-13(23)16(18(25)20-9)15(11-4-3-5-12(8-11)22(27)28)17-14(24)7-10(2)21-19(17)26/h3-8,15H,1-2H3,(H2,20,23,25)(H2,21,24,26). The van der Waals surface area contributed by atoms with Gasteiger partial charge in [-0.3, -0.25) is 19.7 Å². The highest BCUT2D eigenvalue weighted by Crippen LogP contribution is 2.37. The zero-order chi connectivity index (χ0) is 20.6. The fourth-order valence-corrected chi connectivity index (χ4v) is 3.22. The van der Waals surface area contributed by atoms with Gasteiger partial charge in [-0.25, -0.2) is 0 Å². The Morgan fingerprint density at radius 1 is 0.929 bits per heavy atom. The molecule has 0 saturated carbocycles. The van der Waals surface area contributed by atoms with Crippen LogP contribution in [-0.2, 0) is 0 Å². The van der Waals surface area contributed by atoms with Crippen LogP contribution in [0.25, 0.3) is 0 Å². The van der Waals surface area contributed by atoms with E-state index in [2.05, 4.69) is 9.97 Å². The van der Waals surface area contributed by atoms with Crippen molar-refractivity contribution >= 4 is 5.69 Å². The molecule has 9 heteroatoms. The first kappa shape index (κ1) is 18.9. The zero-order valence-corrected chi connectivity index (χ0v) is 15.0. The van der Waals surface area contributed by atoms with Crippen molar-refractivity contribution in [1.82, 2.24) is 9.97 Å². The number of hydrogen-bond acceptors (Lipinski definition) is 6. The quantitative estimate of drug-likeness (QED) is 0.401. The van der Waals surface area contributed by atoms with Gasteiger partial charge in [0, 0.05) is 23.5 Å². The third kappa shape index (κ3) is 3.37. The molecule has 0 unspecified atom stereocenters. The normalized spacial score (nSPS) is 11.0. The molecule has 0 aliphatic carbocycles. The predicted octanol–water partition coefficient (Wildman–Crippen LogP) is 2.18. The molecule has 3 aromatic rings. The summed E-state index contributed by atoms with van der Waals surface area (Å²) < 4.78 is 0. The molecule has 0 bridgehead atoms. The van der Waals surface area contributed by atoms with Crippen LogP contribution in [0, 0.1) is 24.0 Å². The van der Waals surface area contributed by atoms with Gasteiger partial charge in [0.15, 0.2) is 0 Å². The number of aromatic amines is 2. The number of nitrogens with zero attached hydrogens (tertiary/aromatic N) is 1. The van der Waals surface area contributed by atoms with E-state index in [1.54, 1.807) is 13.8 Å². The first-order valence-electron chi connectivity index (χ1n) is 8.29. The first-order chi connectivity index (χ1) is 13.2. The van der Waals surface area contributed by atoms with Crippen LogP contribution in [0.15, 0.2) is 46.0 Å². The molecule has 1 aromatic carbocycles. The summed E-state index contributed by atoms with van der Waals surface area (Å²) in [5.41, 5.74) is -1.01. The van der Waals surface area contributed by atoms with E-state index >= 15 is 0 Å². The Balaban J connectivity index is 2.40. The number of hydrogen-bond donors (Lipinski definition) is 4. The van der Waals surface area contributed by atoms with Gasteiger partial charge in [-0.05, 0) is 31.5 Å². The Morgan fingerprint density at radius 2 is 1.43 bits per heavy atom. The molecule has 4 N–H and O–H groups in total. The monoisotopic (exact) mass is 383 g/mol. The molecule has 0 aliphatic heterocycles. The van der Waals surface area contributed by atoms with Crippen LogP contribution in [0.1, 0.15) is 34.0 Å². The van der Waals surface area contributed by atoms with Crippen molar-refractivity contribution in [3.63, 3.8) is 0 Å². The number of rotatable bonds is 4. The fraction of sp³-hybridized carbons (Fsp3) is 0.158. The molecule has 0 aliphatic rings. The van der Waals surface area contributed by atoms with E-state index in [0.29, 0.717) is 11.4 Å². The Kier molecular flexibility index (Phi) is 4.74. The minimum absolute atomic E-state index is 0.198. The lowest BCUT2D eigenvalue weighted by molar-refractivity contribution is -0.384. The van der Waals surface area contributed by atoms with Crippen molar-refractivity contribution in [2.45, 2.75) is 19.8 Å². The van der Waals surface area contributed by atoms with Crippen LogP contribution < -0.4 is 11.1 Å². The molecular formula is C19H17N3O6. The molecule has 0 saturated heterocycles. The molecular weight excluding hydrogens is 366 g/mol. The highest BCUT2D eigenvalue weighted by atomic mass is 16.6. The molecule has 0 atom stereocenters. The Hall–Kier alpha value is -3.88. The van der Waals surface area contributed by atoms with Gasteiger partial charge in [-0.1, -0.05) is 12.1 Å². The number of nitro benzene ring substituents is 1. The highest BCUT2D eigenvalue weighted by molar-refractivity contribution is 5.53. The summed E-state index contributed by atoms with van der Waals surface area (Å²) in [7, 11) is 0. The second-order valence-corrected chi connectivity index (χ2v) is 6.45. The number of aromatic nitrogens is 2. The SMILES string of the molecule is Cc1cc(O)c(C(c2cccc([N+](=O)[O-])c2)c2c(O)cc(C)[nH]c2=O)c(=O)[nH]1. The summed E-state index contributed by atoms with van der Waals surface area (Å²) in [6.45, 7) is 3.15. The average Bonchev–Trinajstić information content (AvgIpc) is 2.58. The zero-order valence-electron chi connectivity index (χ0n) is 15.0. The molecule has 9 nitrogen and oxygen atoms in total. The number of benzene rings is 1. The third-order valence-electron chi connectivity index (χ3n) is 4.36. The van der Waals surface area contributed by atoms with Crippen molar-refractivity contribution in [3.05, 3.63) is 95.3 Å². The smallest absolute Gasteiger partial charge is 0.269 e. The minimum Gasteiger partial charge on any atom is -0.507 e. The summed E-state index contributed by atoms with van der Waals surface area (Å²) in [4.78, 5) is 40.9. The van der Waals surface area contributed by atoms with Crippen LogP contribution in [0.4, 0.5) is 5.69 Å². The number of non-ortho nitro benzene ring substituents is 1. The van der Waals surface area contributed by atoms with Crippen molar-refractivity contribution in [2.24, 2.45) is 0 Å². The Labute approximate surface area is 158 Å². The van der Waals surface area contributed by atoms with Gasteiger partial charge in [-0.2, -0.15) is 0 Å². The van der Waals surface area contributed by atoms with E-state index < -0.39 is 33.5 Å². The second kappa shape index (κ2) is 7.03.